The summed E-state index contributed by atoms with van der Waals surface area (Å²) < 4.78 is 27.0. The van der Waals surface area contributed by atoms with Gasteiger partial charge in [-0.25, -0.2) is 8.78 Å². The number of carbonyl (C=O) groups is 1. The van der Waals surface area contributed by atoms with Crippen LogP contribution in [0.2, 0.25) is 0 Å². The van der Waals surface area contributed by atoms with Crippen LogP contribution in [0.3, 0.4) is 0 Å². The lowest BCUT2D eigenvalue weighted by Crippen LogP contribution is -2.10. The Morgan fingerprint density at radius 1 is 1.35 bits per heavy atom. The first kappa shape index (κ1) is 14.2. The van der Waals surface area contributed by atoms with Crippen molar-refractivity contribution in [2.75, 3.05) is 11.5 Å². The number of benzene rings is 1. The van der Waals surface area contributed by atoms with E-state index in [1.165, 1.54) is 24.8 Å². The maximum Gasteiger partial charge on any atom is 0.178 e. The zero-order valence-corrected chi connectivity index (χ0v) is 11.0. The fourth-order valence-corrected chi connectivity index (χ4v) is 2.29. The van der Waals surface area contributed by atoms with Gasteiger partial charge in [0.15, 0.2) is 5.78 Å². The van der Waals surface area contributed by atoms with E-state index >= 15 is 0 Å². The summed E-state index contributed by atoms with van der Waals surface area (Å²) in [6.07, 6.45) is 0. The number of aryl methyl sites for hydroxylation is 1. The minimum Gasteiger partial charge on any atom is -0.293 e. The smallest absolute Gasteiger partial charge is 0.178 e. The van der Waals surface area contributed by atoms with E-state index in [0.717, 1.165) is 11.8 Å². The Bertz CT molecular complexity index is 416. The average Bonchev–Trinajstić information content (AvgIpc) is 2.23. The molecule has 94 valence electrons. The van der Waals surface area contributed by atoms with Gasteiger partial charge in [-0.3, -0.25) is 4.79 Å². The van der Waals surface area contributed by atoms with Gasteiger partial charge in [-0.2, -0.15) is 11.8 Å². The van der Waals surface area contributed by atoms with Crippen LogP contribution in [0.25, 0.3) is 0 Å². The van der Waals surface area contributed by atoms with E-state index in [2.05, 4.69) is 0 Å². The Morgan fingerprint density at radius 2 is 2.00 bits per heavy atom. The van der Waals surface area contributed by atoms with Crippen LogP contribution < -0.4 is 0 Å². The topological polar surface area (TPSA) is 17.1 Å². The molecule has 0 radical (unpaired) electrons. The number of ketones is 1. The number of hydrogen-bond donors (Lipinski definition) is 0. The minimum absolute atomic E-state index is 0.121. The molecule has 1 rings (SSSR count). The van der Waals surface area contributed by atoms with E-state index in [1.807, 2.05) is 13.8 Å². The summed E-state index contributed by atoms with van der Waals surface area (Å²) in [5, 5.41) is 0. The zero-order chi connectivity index (χ0) is 13.0. The third-order valence-corrected chi connectivity index (χ3v) is 3.62. The molecule has 0 saturated carbocycles. The van der Waals surface area contributed by atoms with Gasteiger partial charge in [0.05, 0.1) is 11.3 Å². The van der Waals surface area contributed by atoms with Crippen molar-refractivity contribution in [1.82, 2.24) is 0 Å². The largest absolute Gasteiger partial charge is 0.293 e. The SMILES string of the molecule is Cc1ccc(F)c(C(=O)CSCC(C)C)c1F. The first-order chi connectivity index (χ1) is 7.93. The Morgan fingerprint density at radius 3 is 2.59 bits per heavy atom. The molecule has 0 spiro atoms. The number of carbonyl (C=O) groups excluding carboxylic acids is 1. The zero-order valence-electron chi connectivity index (χ0n) is 10.2. The monoisotopic (exact) mass is 258 g/mol. The van der Waals surface area contributed by atoms with Crippen LogP contribution in [0.4, 0.5) is 8.78 Å². The molecule has 0 aromatic heterocycles. The molecule has 0 unspecified atom stereocenters. The second-order valence-corrected chi connectivity index (χ2v) is 5.42. The number of hydrogen-bond acceptors (Lipinski definition) is 2. The van der Waals surface area contributed by atoms with E-state index in [4.69, 9.17) is 0 Å². The Kier molecular flexibility index (Phi) is 5.12. The van der Waals surface area contributed by atoms with Crippen molar-refractivity contribution < 1.29 is 13.6 Å². The number of halogens is 2. The van der Waals surface area contributed by atoms with Crippen molar-refractivity contribution in [3.8, 4) is 0 Å². The van der Waals surface area contributed by atoms with Crippen LogP contribution in [0.1, 0.15) is 29.8 Å². The molecule has 17 heavy (non-hydrogen) atoms. The maximum atomic E-state index is 13.6. The van der Waals surface area contributed by atoms with Gasteiger partial charge in [-0.05, 0) is 30.2 Å². The van der Waals surface area contributed by atoms with Gasteiger partial charge in [0.2, 0.25) is 0 Å². The molecule has 0 amide bonds. The molecule has 0 saturated heterocycles. The van der Waals surface area contributed by atoms with Crippen molar-refractivity contribution >= 4 is 17.5 Å². The number of rotatable bonds is 5. The van der Waals surface area contributed by atoms with Crippen LogP contribution in [-0.4, -0.2) is 17.3 Å². The third kappa shape index (κ3) is 3.80. The highest BCUT2D eigenvalue weighted by atomic mass is 32.2. The normalized spacial score (nSPS) is 10.9. The van der Waals surface area contributed by atoms with E-state index < -0.39 is 23.0 Å². The second-order valence-electron chi connectivity index (χ2n) is 4.39. The van der Waals surface area contributed by atoms with Gasteiger partial charge in [-0.1, -0.05) is 19.9 Å². The number of thioether (sulfide) groups is 1. The lowest BCUT2D eigenvalue weighted by Gasteiger charge is -2.07. The summed E-state index contributed by atoms with van der Waals surface area (Å²) in [5.41, 5.74) is -0.107. The molecule has 0 atom stereocenters. The van der Waals surface area contributed by atoms with Gasteiger partial charge in [0.25, 0.3) is 0 Å². The first-order valence-corrected chi connectivity index (χ1v) is 6.64. The molecule has 0 fully saturated rings. The highest BCUT2D eigenvalue weighted by Crippen LogP contribution is 2.19. The Balaban J connectivity index is 2.79. The predicted octanol–water partition coefficient (Wildman–Crippen LogP) is 3.85. The molecule has 0 aliphatic rings. The highest BCUT2D eigenvalue weighted by molar-refractivity contribution is 7.99. The summed E-state index contributed by atoms with van der Waals surface area (Å²) >= 11 is 1.40. The van der Waals surface area contributed by atoms with Crippen LogP contribution in [0.15, 0.2) is 12.1 Å². The lowest BCUT2D eigenvalue weighted by molar-refractivity contribution is 0.101. The van der Waals surface area contributed by atoms with Crippen LogP contribution >= 0.6 is 11.8 Å². The van der Waals surface area contributed by atoms with Crippen LogP contribution in [0, 0.1) is 24.5 Å². The van der Waals surface area contributed by atoms with E-state index in [-0.39, 0.29) is 5.75 Å². The predicted molar refractivity (Wildman–Crippen MR) is 67.6 cm³/mol. The quantitative estimate of drug-likeness (QED) is 0.746. The van der Waals surface area contributed by atoms with Gasteiger partial charge in [0, 0.05) is 0 Å². The maximum absolute atomic E-state index is 13.6. The summed E-state index contributed by atoms with van der Waals surface area (Å²) in [6.45, 7) is 5.59. The first-order valence-electron chi connectivity index (χ1n) is 5.49. The fraction of sp³-hybridized carbons (Fsp3) is 0.462. The van der Waals surface area contributed by atoms with E-state index in [0.29, 0.717) is 11.5 Å². The van der Waals surface area contributed by atoms with Crippen molar-refractivity contribution in [2.24, 2.45) is 5.92 Å². The molecule has 0 aliphatic heterocycles. The van der Waals surface area contributed by atoms with E-state index in [9.17, 15) is 13.6 Å². The van der Waals surface area contributed by atoms with Gasteiger partial charge in [-0.15, -0.1) is 0 Å². The van der Waals surface area contributed by atoms with Gasteiger partial charge >= 0.3 is 0 Å². The van der Waals surface area contributed by atoms with Gasteiger partial charge in [0.1, 0.15) is 11.6 Å². The molecule has 1 nitrogen and oxygen atoms in total. The standard InChI is InChI=1S/C13H16F2OS/c1-8(2)6-17-7-11(16)12-10(14)5-4-9(3)13(12)15/h4-5,8H,6-7H2,1-3H3. The molecule has 0 bridgehead atoms. The summed E-state index contributed by atoms with van der Waals surface area (Å²) in [6, 6.07) is 2.47. The van der Waals surface area contributed by atoms with Crippen molar-refractivity contribution in [2.45, 2.75) is 20.8 Å². The third-order valence-electron chi connectivity index (χ3n) is 2.25. The fourth-order valence-electron chi connectivity index (χ4n) is 1.37. The molecule has 1 aromatic rings. The lowest BCUT2D eigenvalue weighted by atomic mass is 10.1. The molecule has 0 N–H and O–H groups in total. The summed E-state index contributed by atoms with van der Waals surface area (Å²) in [7, 11) is 0. The summed E-state index contributed by atoms with van der Waals surface area (Å²) in [5.74, 6) is -0.603. The Hall–Kier alpha value is -0.900. The van der Waals surface area contributed by atoms with Crippen LogP contribution in [0.5, 0.6) is 0 Å². The van der Waals surface area contributed by atoms with Crippen molar-refractivity contribution in [3.05, 3.63) is 34.9 Å². The van der Waals surface area contributed by atoms with Crippen LogP contribution in [-0.2, 0) is 0 Å². The summed E-state index contributed by atoms with van der Waals surface area (Å²) in [4.78, 5) is 11.7. The van der Waals surface area contributed by atoms with E-state index in [1.54, 1.807) is 0 Å². The highest BCUT2D eigenvalue weighted by Gasteiger charge is 2.18. The van der Waals surface area contributed by atoms with Crippen molar-refractivity contribution in [1.29, 1.82) is 0 Å². The van der Waals surface area contributed by atoms with Gasteiger partial charge < -0.3 is 0 Å². The second kappa shape index (κ2) is 6.15. The van der Waals surface area contributed by atoms with Crippen molar-refractivity contribution in [3.63, 3.8) is 0 Å². The molecular weight excluding hydrogens is 242 g/mol. The molecule has 4 heteroatoms. The molecule has 0 heterocycles. The minimum atomic E-state index is -0.775. The molecule has 0 aliphatic carbocycles. The average molecular weight is 258 g/mol. The number of Topliss-reactive ketones (excluding diaryl/α,β-unsaturated/α-hetero) is 1. The molecular formula is C13H16F2OS. The Labute approximate surface area is 105 Å². The molecule has 1 aromatic carbocycles.